The molecule has 28 heavy (non-hydrogen) atoms. The van der Waals surface area contributed by atoms with Gasteiger partial charge < -0.3 is 10.6 Å². The number of halogens is 1. The zero-order valence-corrected chi connectivity index (χ0v) is 16.2. The minimum Gasteiger partial charge on any atom is -0.367 e. The maximum atomic E-state index is 13.5. The second-order valence-corrected chi connectivity index (χ2v) is 6.53. The SMILES string of the molecule is Cc1nn(-c2ccc(NCCNC(=O)Cc3ccccc3F)nn2)c(C)c1C. The number of benzene rings is 1. The van der Waals surface area contributed by atoms with E-state index in [1.54, 1.807) is 22.9 Å². The van der Waals surface area contributed by atoms with Crippen molar-refractivity contribution in [3.63, 3.8) is 0 Å². The van der Waals surface area contributed by atoms with E-state index < -0.39 is 0 Å². The Kier molecular flexibility index (Phi) is 5.98. The van der Waals surface area contributed by atoms with Crippen molar-refractivity contribution in [2.24, 2.45) is 0 Å². The molecule has 2 aromatic heterocycles. The number of anilines is 1. The van der Waals surface area contributed by atoms with Crippen LogP contribution in [-0.2, 0) is 11.2 Å². The average molecular weight is 382 g/mol. The summed E-state index contributed by atoms with van der Waals surface area (Å²) in [6, 6.07) is 9.92. The van der Waals surface area contributed by atoms with Gasteiger partial charge >= 0.3 is 0 Å². The summed E-state index contributed by atoms with van der Waals surface area (Å²) in [6.07, 6.45) is 0.0171. The number of hydrogen-bond donors (Lipinski definition) is 2. The van der Waals surface area contributed by atoms with Gasteiger partial charge in [0.15, 0.2) is 5.82 Å². The highest BCUT2D eigenvalue weighted by Crippen LogP contribution is 2.15. The Balaban J connectivity index is 1.47. The van der Waals surface area contributed by atoms with Crippen LogP contribution in [0.1, 0.15) is 22.5 Å². The van der Waals surface area contributed by atoms with Gasteiger partial charge in [0.1, 0.15) is 11.6 Å². The molecule has 3 rings (SSSR count). The molecule has 3 aromatic rings. The van der Waals surface area contributed by atoms with Gasteiger partial charge in [0, 0.05) is 18.8 Å². The maximum Gasteiger partial charge on any atom is 0.224 e. The standard InChI is InChI=1S/C20H23FN6O/c1-13-14(2)26-27(15(13)3)19-9-8-18(24-25-19)22-10-11-23-20(28)12-16-6-4-5-7-17(16)21/h4-9H,10-12H2,1-3H3,(H,22,24)(H,23,28). The molecule has 1 aromatic carbocycles. The number of aromatic nitrogens is 4. The van der Waals surface area contributed by atoms with Crippen LogP contribution in [0, 0.1) is 26.6 Å². The molecular formula is C20H23FN6O. The number of hydrogen-bond acceptors (Lipinski definition) is 5. The molecule has 0 bridgehead atoms. The van der Waals surface area contributed by atoms with Crippen molar-refractivity contribution in [1.29, 1.82) is 0 Å². The molecule has 0 saturated heterocycles. The van der Waals surface area contributed by atoms with Crippen LogP contribution in [0.15, 0.2) is 36.4 Å². The van der Waals surface area contributed by atoms with E-state index in [2.05, 4.69) is 25.9 Å². The molecule has 8 heteroatoms. The third-order valence-electron chi connectivity index (χ3n) is 4.58. The van der Waals surface area contributed by atoms with Crippen LogP contribution in [0.3, 0.4) is 0 Å². The van der Waals surface area contributed by atoms with Gasteiger partial charge in [-0.2, -0.15) is 5.10 Å². The van der Waals surface area contributed by atoms with E-state index in [0.29, 0.717) is 30.3 Å². The Labute approximate surface area is 163 Å². The molecule has 0 unspecified atom stereocenters. The summed E-state index contributed by atoms with van der Waals surface area (Å²) in [5, 5.41) is 18.7. The van der Waals surface area contributed by atoms with Crippen molar-refractivity contribution in [1.82, 2.24) is 25.3 Å². The predicted octanol–water partition coefficient (Wildman–Crippen LogP) is 2.50. The molecule has 0 atom stereocenters. The van der Waals surface area contributed by atoms with E-state index in [0.717, 1.165) is 17.0 Å². The molecule has 2 N–H and O–H groups in total. The van der Waals surface area contributed by atoms with Crippen LogP contribution in [0.25, 0.3) is 5.82 Å². The minimum absolute atomic E-state index is 0.0171. The molecule has 0 aliphatic heterocycles. The van der Waals surface area contributed by atoms with E-state index in [1.807, 2.05) is 32.9 Å². The summed E-state index contributed by atoms with van der Waals surface area (Å²) in [7, 11) is 0. The second-order valence-electron chi connectivity index (χ2n) is 6.53. The van der Waals surface area contributed by atoms with Crippen LogP contribution >= 0.6 is 0 Å². The number of aryl methyl sites for hydroxylation is 1. The third kappa shape index (κ3) is 4.51. The third-order valence-corrected chi connectivity index (χ3v) is 4.58. The van der Waals surface area contributed by atoms with Crippen LogP contribution < -0.4 is 10.6 Å². The lowest BCUT2D eigenvalue weighted by Crippen LogP contribution is -2.30. The summed E-state index contributed by atoms with van der Waals surface area (Å²) in [6.45, 7) is 6.86. The van der Waals surface area contributed by atoms with E-state index in [4.69, 9.17) is 0 Å². The molecule has 1 amide bonds. The lowest BCUT2D eigenvalue weighted by Gasteiger charge is -2.08. The minimum atomic E-state index is -0.371. The first-order valence-electron chi connectivity index (χ1n) is 9.06. The summed E-state index contributed by atoms with van der Waals surface area (Å²) >= 11 is 0. The van der Waals surface area contributed by atoms with Crippen molar-refractivity contribution in [3.05, 3.63) is 64.7 Å². The predicted molar refractivity (Wildman–Crippen MR) is 105 cm³/mol. The molecule has 7 nitrogen and oxygen atoms in total. The normalized spacial score (nSPS) is 10.7. The van der Waals surface area contributed by atoms with Gasteiger partial charge in [0.05, 0.1) is 12.1 Å². The van der Waals surface area contributed by atoms with Gasteiger partial charge in [-0.3, -0.25) is 4.79 Å². The molecule has 2 heterocycles. The highest BCUT2D eigenvalue weighted by Gasteiger charge is 2.10. The zero-order chi connectivity index (χ0) is 20.1. The van der Waals surface area contributed by atoms with E-state index in [-0.39, 0.29) is 18.1 Å². The molecule has 146 valence electrons. The van der Waals surface area contributed by atoms with Gasteiger partial charge in [-0.1, -0.05) is 18.2 Å². The fraction of sp³-hybridized carbons (Fsp3) is 0.300. The average Bonchev–Trinajstić information content (AvgIpc) is 2.95. The summed E-state index contributed by atoms with van der Waals surface area (Å²) in [4.78, 5) is 11.9. The summed E-state index contributed by atoms with van der Waals surface area (Å²) < 4.78 is 15.3. The van der Waals surface area contributed by atoms with Gasteiger partial charge in [-0.25, -0.2) is 9.07 Å². The molecule has 0 radical (unpaired) electrons. The van der Waals surface area contributed by atoms with E-state index >= 15 is 0 Å². The zero-order valence-electron chi connectivity index (χ0n) is 16.2. The van der Waals surface area contributed by atoms with Crippen LogP contribution in [0.5, 0.6) is 0 Å². The number of nitrogens with zero attached hydrogens (tertiary/aromatic N) is 4. The van der Waals surface area contributed by atoms with Crippen LogP contribution in [0.4, 0.5) is 10.2 Å². The fourth-order valence-corrected chi connectivity index (χ4v) is 2.75. The molecule has 0 aliphatic carbocycles. The number of nitrogens with one attached hydrogen (secondary N) is 2. The van der Waals surface area contributed by atoms with Crippen LogP contribution in [0.2, 0.25) is 0 Å². The Morgan fingerprint density at radius 3 is 2.50 bits per heavy atom. The number of carbonyl (C=O) groups excluding carboxylic acids is 1. The van der Waals surface area contributed by atoms with Crippen molar-refractivity contribution in [3.8, 4) is 5.82 Å². The van der Waals surface area contributed by atoms with Gasteiger partial charge in [-0.05, 0) is 50.1 Å². The Morgan fingerprint density at radius 1 is 1.07 bits per heavy atom. The van der Waals surface area contributed by atoms with Crippen LogP contribution in [-0.4, -0.2) is 39.0 Å². The van der Waals surface area contributed by atoms with Crippen molar-refractivity contribution >= 4 is 11.7 Å². The first-order chi connectivity index (χ1) is 13.5. The maximum absolute atomic E-state index is 13.5. The Bertz CT molecular complexity index is 967. The first-order valence-corrected chi connectivity index (χ1v) is 9.06. The van der Waals surface area contributed by atoms with Gasteiger partial charge in [0.25, 0.3) is 0 Å². The lowest BCUT2D eigenvalue weighted by atomic mass is 10.1. The van der Waals surface area contributed by atoms with Gasteiger partial charge in [0.2, 0.25) is 5.91 Å². The highest BCUT2D eigenvalue weighted by atomic mass is 19.1. The van der Waals surface area contributed by atoms with E-state index in [9.17, 15) is 9.18 Å². The monoisotopic (exact) mass is 382 g/mol. The van der Waals surface area contributed by atoms with Gasteiger partial charge in [-0.15, -0.1) is 10.2 Å². The van der Waals surface area contributed by atoms with Crippen molar-refractivity contribution < 1.29 is 9.18 Å². The molecule has 0 fully saturated rings. The summed E-state index contributed by atoms with van der Waals surface area (Å²) in [5.74, 6) is 0.653. The smallest absolute Gasteiger partial charge is 0.224 e. The number of rotatable bonds is 7. The second kappa shape index (κ2) is 8.60. The lowest BCUT2D eigenvalue weighted by molar-refractivity contribution is -0.120. The quantitative estimate of drug-likeness (QED) is 0.614. The molecule has 0 aliphatic rings. The van der Waals surface area contributed by atoms with Crippen molar-refractivity contribution in [2.45, 2.75) is 27.2 Å². The Morgan fingerprint density at radius 2 is 1.86 bits per heavy atom. The summed E-state index contributed by atoms with van der Waals surface area (Å²) in [5.41, 5.74) is 3.52. The van der Waals surface area contributed by atoms with E-state index in [1.165, 1.54) is 6.07 Å². The number of carbonyl (C=O) groups is 1. The Hall–Kier alpha value is -3.29. The molecule has 0 saturated carbocycles. The van der Waals surface area contributed by atoms with Crippen molar-refractivity contribution in [2.75, 3.05) is 18.4 Å². The first kappa shape index (κ1) is 19.5. The molecule has 0 spiro atoms. The molecular weight excluding hydrogens is 359 g/mol. The highest BCUT2D eigenvalue weighted by molar-refractivity contribution is 5.78. The number of amides is 1. The largest absolute Gasteiger partial charge is 0.367 e. The topological polar surface area (TPSA) is 84.7 Å². The fourth-order valence-electron chi connectivity index (χ4n) is 2.75.